The number of aliphatic hydroxyl groups excluding tert-OH is 2. The highest BCUT2D eigenvalue weighted by atomic mass is 16.6. The molecule has 1 aliphatic heterocycles. The normalized spacial score (nSPS) is 23.2. The van der Waals surface area contributed by atoms with E-state index in [0.29, 0.717) is 31.3 Å². The van der Waals surface area contributed by atoms with Crippen molar-refractivity contribution in [3.05, 3.63) is 34.9 Å². The fourth-order valence-corrected chi connectivity index (χ4v) is 2.83. The van der Waals surface area contributed by atoms with Crippen LogP contribution >= 0.6 is 0 Å². The molecule has 0 saturated heterocycles. The van der Waals surface area contributed by atoms with E-state index in [1.165, 1.54) is 5.57 Å². The second-order valence-electron chi connectivity index (χ2n) is 7.08. The molecule has 0 aliphatic carbocycles. The molecule has 4 heteroatoms. The first kappa shape index (κ1) is 20.7. The molecule has 0 bridgehead atoms. The maximum atomic E-state index is 12.4. The van der Waals surface area contributed by atoms with Crippen LogP contribution < -0.4 is 0 Å². The largest absolute Gasteiger partial charge is 0.453 e. The molecule has 1 aliphatic rings. The number of carbonyl (C=O) groups is 1. The third-order valence-electron chi connectivity index (χ3n) is 4.54. The lowest BCUT2D eigenvalue weighted by molar-refractivity contribution is -0.166. The van der Waals surface area contributed by atoms with Crippen molar-refractivity contribution < 1.29 is 19.7 Å². The summed E-state index contributed by atoms with van der Waals surface area (Å²) in [4.78, 5) is 12.4. The molecule has 0 amide bonds. The van der Waals surface area contributed by atoms with Gasteiger partial charge in [0.05, 0.1) is 12.7 Å². The molecular weight excluding hydrogens is 304 g/mol. The van der Waals surface area contributed by atoms with Crippen molar-refractivity contribution in [3.63, 3.8) is 0 Å². The van der Waals surface area contributed by atoms with E-state index in [4.69, 9.17) is 9.84 Å². The minimum atomic E-state index is -0.856. The van der Waals surface area contributed by atoms with Gasteiger partial charge in [0.25, 0.3) is 0 Å². The van der Waals surface area contributed by atoms with Gasteiger partial charge in [-0.1, -0.05) is 29.4 Å². The number of carbonyl (C=O) groups excluding carboxylic acids is 1. The second kappa shape index (κ2) is 9.80. The quantitative estimate of drug-likeness (QED) is 0.522. The van der Waals surface area contributed by atoms with E-state index in [0.717, 1.165) is 18.4 Å². The van der Waals surface area contributed by atoms with Gasteiger partial charge >= 0.3 is 5.97 Å². The highest BCUT2D eigenvalue weighted by molar-refractivity contribution is 5.89. The van der Waals surface area contributed by atoms with Gasteiger partial charge in [-0.25, -0.2) is 4.79 Å². The lowest BCUT2D eigenvalue weighted by Crippen LogP contribution is -2.43. The van der Waals surface area contributed by atoms with Crippen LogP contribution in [-0.2, 0) is 9.53 Å². The van der Waals surface area contributed by atoms with Crippen LogP contribution in [0.3, 0.4) is 0 Å². The maximum Gasteiger partial charge on any atom is 0.334 e. The monoisotopic (exact) mass is 336 g/mol. The van der Waals surface area contributed by atoms with Crippen LogP contribution in [0.25, 0.3) is 0 Å². The first-order valence-corrected chi connectivity index (χ1v) is 8.79. The van der Waals surface area contributed by atoms with Crippen molar-refractivity contribution >= 4 is 5.97 Å². The lowest BCUT2D eigenvalue weighted by atomic mass is 9.89. The average molecular weight is 336 g/mol. The zero-order chi connectivity index (χ0) is 18.2. The maximum absolute atomic E-state index is 12.4. The van der Waals surface area contributed by atoms with Crippen molar-refractivity contribution in [1.29, 1.82) is 0 Å². The number of hydrogen-bond donors (Lipinski definition) is 2. The molecule has 136 valence electrons. The highest BCUT2D eigenvalue weighted by Gasteiger charge is 2.38. The van der Waals surface area contributed by atoms with Gasteiger partial charge in [-0.2, -0.15) is 0 Å². The number of aliphatic hydroxyl groups is 2. The van der Waals surface area contributed by atoms with Gasteiger partial charge in [0, 0.05) is 5.57 Å². The molecule has 2 unspecified atom stereocenters. The van der Waals surface area contributed by atoms with E-state index in [-0.39, 0.29) is 12.6 Å². The summed E-state index contributed by atoms with van der Waals surface area (Å²) in [6.45, 7) is 7.83. The smallest absolute Gasteiger partial charge is 0.334 e. The van der Waals surface area contributed by atoms with Gasteiger partial charge in [0.1, 0.15) is 5.60 Å². The second-order valence-corrected chi connectivity index (χ2v) is 7.08. The van der Waals surface area contributed by atoms with Crippen LogP contribution in [-0.4, -0.2) is 34.5 Å². The Bertz CT molecular complexity index is 512. The first-order valence-electron chi connectivity index (χ1n) is 8.79. The minimum absolute atomic E-state index is 0.00709. The molecule has 0 saturated carbocycles. The predicted octanol–water partition coefficient (Wildman–Crippen LogP) is 3.83. The average Bonchev–Trinajstić information content (AvgIpc) is 2.64. The minimum Gasteiger partial charge on any atom is -0.453 e. The fourth-order valence-electron chi connectivity index (χ4n) is 2.83. The van der Waals surface area contributed by atoms with E-state index < -0.39 is 11.7 Å². The van der Waals surface area contributed by atoms with Crippen LogP contribution in [0.1, 0.15) is 66.2 Å². The van der Waals surface area contributed by atoms with Gasteiger partial charge < -0.3 is 14.9 Å². The van der Waals surface area contributed by atoms with E-state index in [1.807, 2.05) is 33.8 Å². The summed E-state index contributed by atoms with van der Waals surface area (Å²) in [5, 5.41) is 19.4. The van der Waals surface area contributed by atoms with Gasteiger partial charge in [-0.05, 0) is 66.2 Å². The standard InChI is InChI=1S/C20H32O4/c1-15(2)7-5-8-17-9-6-13-20(4,24-19(17)23)18(22)11-10-16(3)12-14-21/h7,9,12,18,21-22H,5-6,8,10-11,13-14H2,1-4H3. The summed E-state index contributed by atoms with van der Waals surface area (Å²) in [7, 11) is 0. The summed E-state index contributed by atoms with van der Waals surface area (Å²) in [5.41, 5.74) is 2.12. The molecule has 0 aromatic rings. The topological polar surface area (TPSA) is 66.8 Å². The van der Waals surface area contributed by atoms with Crippen molar-refractivity contribution in [3.8, 4) is 0 Å². The Hall–Kier alpha value is -1.39. The summed E-state index contributed by atoms with van der Waals surface area (Å²) in [6.07, 6.45) is 9.13. The highest BCUT2D eigenvalue weighted by Crippen LogP contribution is 2.31. The molecule has 1 heterocycles. The summed E-state index contributed by atoms with van der Waals surface area (Å²) < 4.78 is 5.68. The number of rotatable bonds is 8. The summed E-state index contributed by atoms with van der Waals surface area (Å²) >= 11 is 0. The SMILES string of the molecule is CC(C)=CCCC1=CCCC(C)(C(O)CCC(C)=CCO)OC1=O. The Morgan fingerprint density at radius 1 is 1.38 bits per heavy atom. The predicted molar refractivity (Wildman–Crippen MR) is 96.6 cm³/mol. The number of hydrogen-bond acceptors (Lipinski definition) is 4. The molecule has 2 N–H and O–H groups in total. The van der Waals surface area contributed by atoms with Crippen LogP contribution in [0.4, 0.5) is 0 Å². The first-order chi connectivity index (χ1) is 11.3. The zero-order valence-corrected chi connectivity index (χ0v) is 15.5. The Balaban J connectivity index is 2.64. The van der Waals surface area contributed by atoms with Crippen LogP contribution in [0.5, 0.6) is 0 Å². The van der Waals surface area contributed by atoms with Crippen molar-refractivity contribution in [2.24, 2.45) is 0 Å². The number of ether oxygens (including phenoxy) is 1. The van der Waals surface area contributed by atoms with Crippen LogP contribution in [0, 0.1) is 0 Å². The lowest BCUT2D eigenvalue weighted by Gasteiger charge is -2.33. The molecule has 24 heavy (non-hydrogen) atoms. The van der Waals surface area contributed by atoms with E-state index in [1.54, 1.807) is 6.08 Å². The van der Waals surface area contributed by atoms with E-state index >= 15 is 0 Å². The molecule has 2 atom stereocenters. The zero-order valence-electron chi connectivity index (χ0n) is 15.5. The fraction of sp³-hybridized carbons (Fsp3) is 0.650. The van der Waals surface area contributed by atoms with Crippen molar-refractivity contribution in [2.45, 2.75) is 77.9 Å². The van der Waals surface area contributed by atoms with Gasteiger partial charge in [0.2, 0.25) is 0 Å². The third kappa shape index (κ3) is 6.62. The third-order valence-corrected chi connectivity index (χ3v) is 4.54. The van der Waals surface area contributed by atoms with Gasteiger partial charge in [-0.15, -0.1) is 0 Å². The van der Waals surface area contributed by atoms with E-state index in [2.05, 4.69) is 6.08 Å². The molecule has 0 spiro atoms. The van der Waals surface area contributed by atoms with Gasteiger partial charge in [0.15, 0.2) is 0 Å². The number of allylic oxidation sites excluding steroid dienone is 4. The molecule has 0 aromatic heterocycles. The Morgan fingerprint density at radius 2 is 2.08 bits per heavy atom. The molecule has 0 radical (unpaired) electrons. The molecule has 0 aromatic carbocycles. The van der Waals surface area contributed by atoms with Gasteiger partial charge in [-0.3, -0.25) is 0 Å². The summed E-state index contributed by atoms with van der Waals surface area (Å²) in [6, 6.07) is 0. The molecular formula is C20H32O4. The summed E-state index contributed by atoms with van der Waals surface area (Å²) in [5.74, 6) is -0.307. The Kier molecular flexibility index (Phi) is 8.43. The Morgan fingerprint density at radius 3 is 2.71 bits per heavy atom. The molecule has 4 nitrogen and oxygen atoms in total. The number of esters is 1. The van der Waals surface area contributed by atoms with Crippen LogP contribution in [0.15, 0.2) is 34.9 Å². The van der Waals surface area contributed by atoms with Crippen molar-refractivity contribution in [1.82, 2.24) is 0 Å². The molecule has 0 fully saturated rings. The molecule has 1 rings (SSSR count). The Labute approximate surface area is 145 Å². The van der Waals surface area contributed by atoms with E-state index in [9.17, 15) is 9.90 Å². The van der Waals surface area contributed by atoms with Crippen LogP contribution in [0.2, 0.25) is 0 Å². The van der Waals surface area contributed by atoms with Crippen molar-refractivity contribution in [2.75, 3.05) is 6.61 Å². The number of cyclic esters (lactones) is 1.